The average molecular weight is 387 g/mol. The lowest BCUT2D eigenvalue weighted by molar-refractivity contribution is 0.0553. The summed E-state index contributed by atoms with van der Waals surface area (Å²) in [4.78, 5) is 0. The van der Waals surface area contributed by atoms with Crippen molar-refractivity contribution in [3.8, 4) is 0 Å². The summed E-state index contributed by atoms with van der Waals surface area (Å²) in [7, 11) is -2.53. The Morgan fingerprint density at radius 1 is 0.769 bits per heavy atom. The average Bonchev–Trinajstić information content (AvgIpc) is 3.41. The van der Waals surface area contributed by atoms with Gasteiger partial charge < -0.3 is 18.0 Å². The molecule has 0 aromatic carbocycles. The van der Waals surface area contributed by atoms with E-state index in [2.05, 4.69) is 20.8 Å². The molecule has 2 aliphatic rings. The van der Waals surface area contributed by atoms with Crippen LogP contribution in [-0.2, 0) is 18.0 Å². The highest BCUT2D eigenvalue weighted by Gasteiger charge is 2.44. The summed E-state index contributed by atoms with van der Waals surface area (Å²) in [5.74, 6) is 0.826. The molecule has 3 atom stereocenters. The molecule has 1 saturated carbocycles. The quantitative estimate of drug-likeness (QED) is 0.193. The van der Waals surface area contributed by atoms with Crippen LogP contribution in [0.1, 0.15) is 91.4 Å². The zero-order valence-electron chi connectivity index (χ0n) is 17.5. The van der Waals surface area contributed by atoms with Crippen molar-refractivity contribution in [2.45, 2.75) is 110 Å². The molecule has 2 fully saturated rings. The fraction of sp³-hybridized carbons (Fsp3) is 1.00. The Labute approximate surface area is 162 Å². The molecule has 2 rings (SSSR count). The van der Waals surface area contributed by atoms with E-state index in [0.717, 1.165) is 70.3 Å². The molecule has 154 valence electrons. The number of epoxide rings is 1. The zero-order valence-corrected chi connectivity index (χ0v) is 18.5. The van der Waals surface area contributed by atoms with E-state index in [-0.39, 0.29) is 0 Å². The van der Waals surface area contributed by atoms with E-state index >= 15 is 0 Å². The molecule has 1 aliphatic heterocycles. The molecule has 0 aromatic rings. The van der Waals surface area contributed by atoms with Crippen LogP contribution in [0.4, 0.5) is 0 Å². The Hall–Kier alpha value is 0.0569. The first-order valence-electron chi connectivity index (χ1n) is 11.3. The molecule has 1 saturated heterocycles. The van der Waals surface area contributed by atoms with E-state index in [0.29, 0.717) is 12.2 Å². The summed E-state index contributed by atoms with van der Waals surface area (Å²) in [5.41, 5.74) is 0. The smallest absolute Gasteiger partial charge is 0.373 e. The monoisotopic (exact) mass is 386 g/mol. The first-order valence-corrected chi connectivity index (χ1v) is 13.2. The molecule has 0 aromatic heterocycles. The predicted octanol–water partition coefficient (Wildman–Crippen LogP) is 5.72. The van der Waals surface area contributed by atoms with Crippen LogP contribution in [0.15, 0.2) is 0 Å². The number of rotatable bonds is 16. The van der Waals surface area contributed by atoms with E-state index in [1.54, 1.807) is 0 Å². The normalized spacial score (nSPS) is 25.3. The Bertz CT molecular complexity index is 339. The van der Waals surface area contributed by atoms with Crippen LogP contribution in [0.3, 0.4) is 0 Å². The van der Waals surface area contributed by atoms with Gasteiger partial charge >= 0.3 is 8.80 Å². The minimum atomic E-state index is -2.53. The van der Waals surface area contributed by atoms with Gasteiger partial charge in [0.2, 0.25) is 0 Å². The summed E-state index contributed by atoms with van der Waals surface area (Å²) in [6, 6.07) is 0.982. The first-order chi connectivity index (χ1) is 12.7. The lowest BCUT2D eigenvalue weighted by Crippen LogP contribution is -2.46. The largest absolute Gasteiger partial charge is 0.500 e. The fourth-order valence-electron chi connectivity index (χ4n) is 3.81. The van der Waals surface area contributed by atoms with Gasteiger partial charge in [0.15, 0.2) is 0 Å². The molecular weight excluding hydrogens is 344 g/mol. The summed E-state index contributed by atoms with van der Waals surface area (Å²) in [6.07, 6.45) is 14.2. The number of ether oxygens (including phenoxy) is 1. The van der Waals surface area contributed by atoms with Crippen LogP contribution in [0, 0.1) is 5.92 Å². The molecule has 1 heterocycles. The Balaban J connectivity index is 1.83. The minimum absolute atomic E-state index is 0.582. The van der Waals surface area contributed by atoms with Crippen LogP contribution in [0.2, 0.25) is 6.04 Å². The molecule has 0 N–H and O–H groups in total. The molecular formula is C21H42O4Si. The van der Waals surface area contributed by atoms with Gasteiger partial charge in [-0.3, -0.25) is 0 Å². The van der Waals surface area contributed by atoms with Gasteiger partial charge in [0.1, 0.15) is 0 Å². The topological polar surface area (TPSA) is 40.2 Å². The Morgan fingerprint density at radius 3 is 1.85 bits per heavy atom. The van der Waals surface area contributed by atoms with Gasteiger partial charge in [0.25, 0.3) is 0 Å². The second kappa shape index (κ2) is 12.5. The van der Waals surface area contributed by atoms with Gasteiger partial charge in [0, 0.05) is 25.9 Å². The standard InChI is InChI=1S/C21H42O4Si/c1-4-7-14-22-26(23-15-8-5-2,24-16-9-6-3)17-10-11-19-12-13-20-21(18-19)25-20/h19-21H,4-18H2,1-3H3. The number of fused-ring (bicyclic) bond motifs is 1. The van der Waals surface area contributed by atoms with Gasteiger partial charge in [0.05, 0.1) is 12.2 Å². The fourth-order valence-corrected chi connectivity index (χ4v) is 6.50. The van der Waals surface area contributed by atoms with Crippen molar-refractivity contribution in [2.75, 3.05) is 19.8 Å². The van der Waals surface area contributed by atoms with Crippen LogP contribution in [0.5, 0.6) is 0 Å². The molecule has 26 heavy (non-hydrogen) atoms. The highest BCUT2D eigenvalue weighted by molar-refractivity contribution is 6.60. The summed E-state index contributed by atoms with van der Waals surface area (Å²) in [6.45, 7) is 8.96. The van der Waals surface area contributed by atoms with Gasteiger partial charge in [-0.05, 0) is 50.9 Å². The maximum atomic E-state index is 6.35. The van der Waals surface area contributed by atoms with Gasteiger partial charge in [-0.2, -0.15) is 0 Å². The molecule has 3 unspecified atom stereocenters. The summed E-state index contributed by atoms with van der Waals surface area (Å²) < 4.78 is 24.7. The lowest BCUT2D eigenvalue weighted by atomic mass is 9.86. The predicted molar refractivity (Wildman–Crippen MR) is 108 cm³/mol. The molecule has 0 amide bonds. The minimum Gasteiger partial charge on any atom is -0.373 e. The van der Waals surface area contributed by atoms with E-state index < -0.39 is 8.80 Å². The second-order valence-electron chi connectivity index (χ2n) is 8.07. The molecule has 0 radical (unpaired) electrons. The van der Waals surface area contributed by atoms with Crippen molar-refractivity contribution in [3.05, 3.63) is 0 Å². The molecule has 0 bridgehead atoms. The Kier molecular flexibility index (Phi) is 10.7. The van der Waals surface area contributed by atoms with E-state index in [9.17, 15) is 0 Å². The van der Waals surface area contributed by atoms with E-state index in [1.165, 1.54) is 32.1 Å². The Morgan fingerprint density at radius 2 is 1.35 bits per heavy atom. The van der Waals surface area contributed by atoms with Gasteiger partial charge in [-0.25, -0.2) is 0 Å². The molecule has 1 aliphatic carbocycles. The zero-order chi connectivity index (χ0) is 18.7. The van der Waals surface area contributed by atoms with Crippen molar-refractivity contribution < 1.29 is 18.0 Å². The van der Waals surface area contributed by atoms with E-state index in [1.807, 2.05) is 0 Å². The van der Waals surface area contributed by atoms with Crippen molar-refractivity contribution >= 4 is 8.80 Å². The van der Waals surface area contributed by atoms with Crippen molar-refractivity contribution in [1.29, 1.82) is 0 Å². The molecule has 0 spiro atoms. The molecule has 5 heteroatoms. The number of unbranched alkanes of at least 4 members (excludes halogenated alkanes) is 3. The van der Waals surface area contributed by atoms with Crippen LogP contribution < -0.4 is 0 Å². The molecule has 4 nitrogen and oxygen atoms in total. The van der Waals surface area contributed by atoms with Gasteiger partial charge in [-0.15, -0.1) is 0 Å². The third kappa shape index (κ3) is 7.97. The van der Waals surface area contributed by atoms with Gasteiger partial charge in [-0.1, -0.05) is 46.5 Å². The number of hydrogen-bond acceptors (Lipinski definition) is 4. The summed E-state index contributed by atoms with van der Waals surface area (Å²) in [5, 5.41) is 0. The second-order valence-corrected chi connectivity index (χ2v) is 10.8. The first kappa shape index (κ1) is 22.3. The van der Waals surface area contributed by atoms with Crippen LogP contribution in [-0.4, -0.2) is 40.8 Å². The summed E-state index contributed by atoms with van der Waals surface area (Å²) >= 11 is 0. The maximum absolute atomic E-state index is 6.35. The third-order valence-corrected chi connectivity index (χ3v) is 8.57. The van der Waals surface area contributed by atoms with Crippen molar-refractivity contribution in [2.24, 2.45) is 5.92 Å². The van der Waals surface area contributed by atoms with Crippen molar-refractivity contribution in [3.63, 3.8) is 0 Å². The van der Waals surface area contributed by atoms with Crippen molar-refractivity contribution in [1.82, 2.24) is 0 Å². The highest BCUT2D eigenvalue weighted by atomic mass is 28.4. The maximum Gasteiger partial charge on any atom is 0.500 e. The lowest BCUT2D eigenvalue weighted by Gasteiger charge is -2.30. The van der Waals surface area contributed by atoms with Crippen LogP contribution in [0.25, 0.3) is 0 Å². The third-order valence-electron chi connectivity index (χ3n) is 5.67. The van der Waals surface area contributed by atoms with Crippen LogP contribution >= 0.6 is 0 Å². The highest BCUT2D eigenvalue weighted by Crippen LogP contribution is 2.41. The van der Waals surface area contributed by atoms with E-state index in [4.69, 9.17) is 18.0 Å². The SMILES string of the molecule is CCCCO[Si](CCCC1CCC2OC2C1)(OCCCC)OCCCC. The number of hydrogen-bond donors (Lipinski definition) is 0.